The van der Waals surface area contributed by atoms with Crippen molar-refractivity contribution in [3.05, 3.63) is 57.9 Å². The molecule has 0 radical (unpaired) electrons. The summed E-state index contributed by atoms with van der Waals surface area (Å²) in [7, 11) is 2.86. The predicted molar refractivity (Wildman–Crippen MR) is 99.7 cm³/mol. The number of carbonyl (C=O) groups excluding carboxylic acids is 2. The molecule has 1 heterocycles. The van der Waals surface area contributed by atoms with Crippen molar-refractivity contribution in [1.82, 2.24) is 4.57 Å². The van der Waals surface area contributed by atoms with Gasteiger partial charge in [-0.3, -0.25) is 9.59 Å². The SMILES string of the molecule is COC(=O)Cn1c(=NC(=O)c2ccc(Cl)cc2)sc2cccc(OC)c21. The highest BCUT2D eigenvalue weighted by atomic mass is 35.5. The Morgan fingerprint density at radius 3 is 2.54 bits per heavy atom. The molecule has 0 N–H and O–H groups in total. The summed E-state index contributed by atoms with van der Waals surface area (Å²) in [4.78, 5) is 28.9. The summed E-state index contributed by atoms with van der Waals surface area (Å²) < 4.78 is 12.6. The first kappa shape index (κ1) is 18.2. The number of carbonyl (C=O) groups is 2. The highest BCUT2D eigenvalue weighted by molar-refractivity contribution is 7.16. The van der Waals surface area contributed by atoms with Gasteiger partial charge in [-0.15, -0.1) is 0 Å². The summed E-state index contributed by atoms with van der Waals surface area (Å²) in [5, 5.41) is 0.536. The molecule has 0 saturated carbocycles. The third kappa shape index (κ3) is 3.63. The molecular weight excluding hydrogens is 376 g/mol. The van der Waals surface area contributed by atoms with Crippen molar-refractivity contribution < 1.29 is 19.1 Å². The molecule has 1 amide bonds. The number of para-hydroxylation sites is 1. The molecule has 26 heavy (non-hydrogen) atoms. The minimum atomic E-state index is -0.448. The van der Waals surface area contributed by atoms with E-state index in [9.17, 15) is 9.59 Å². The van der Waals surface area contributed by atoms with Crippen LogP contribution in [0.25, 0.3) is 10.2 Å². The molecule has 0 aliphatic rings. The molecule has 0 saturated heterocycles. The molecule has 6 nitrogen and oxygen atoms in total. The molecule has 8 heteroatoms. The first-order chi connectivity index (χ1) is 12.5. The van der Waals surface area contributed by atoms with Gasteiger partial charge in [-0.25, -0.2) is 0 Å². The van der Waals surface area contributed by atoms with E-state index in [0.29, 0.717) is 26.7 Å². The van der Waals surface area contributed by atoms with Crippen molar-refractivity contribution in [2.24, 2.45) is 4.99 Å². The number of methoxy groups -OCH3 is 2. The molecular formula is C18H15ClN2O4S. The van der Waals surface area contributed by atoms with Gasteiger partial charge in [0.15, 0.2) is 4.80 Å². The van der Waals surface area contributed by atoms with E-state index >= 15 is 0 Å². The summed E-state index contributed by atoms with van der Waals surface area (Å²) in [6.07, 6.45) is 0. The molecule has 134 valence electrons. The lowest BCUT2D eigenvalue weighted by molar-refractivity contribution is -0.141. The zero-order chi connectivity index (χ0) is 18.7. The highest BCUT2D eigenvalue weighted by Gasteiger charge is 2.15. The van der Waals surface area contributed by atoms with Crippen molar-refractivity contribution >= 4 is 45.0 Å². The van der Waals surface area contributed by atoms with Gasteiger partial charge in [0.1, 0.15) is 17.8 Å². The molecule has 0 bridgehead atoms. The lowest BCUT2D eigenvalue weighted by Gasteiger charge is -2.07. The van der Waals surface area contributed by atoms with Gasteiger partial charge < -0.3 is 14.0 Å². The number of nitrogens with zero attached hydrogens (tertiary/aromatic N) is 2. The van der Waals surface area contributed by atoms with Crippen LogP contribution in [0.1, 0.15) is 10.4 Å². The Hall–Kier alpha value is -2.64. The van der Waals surface area contributed by atoms with Crippen LogP contribution in [0, 0.1) is 0 Å². The van der Waals surface area contributed by atoms with E-state index in [1.807, 2.05) is 12.1 Å². The minimum absolute atomic E-state index is 0.0798. The summed E-state index contributed by atoms with van der Waals surface area (Å²) in [5.41, 5.74) is 1.09. The van der Waals surface area contributed by atoms with Crippen molar-refractivity contribution in [1.29, 1.82) is 0 Å². The summed E-state index contributed by atoms with van der Waals surface area (Å²) >= 11 is 7.15. The Bertz CT molecular complexity index is 1040. The monoisotopic (exact) mass is 390 g/mol. The van der Waals surface area contributed by atoms with Crippen LogP contribution in [0.5, 0.6) is 5.75 Å². The third-order valence-electron chi connectivity index (χ3n) is 3.69. The summed E-state index contributed by atoms with van der Waals surface area (Å²) in [5.74, 6) is -0.287. The van der Waals surface area contributed by atoms with Crippen molar-refractivity contribution in [3.8, 4) is 5.75 Å². The number of aromatic nitrogens is 1. The van der Waals surface area contributed by atoms with Gasteiger partial charge >= 0.3 is 5.97 Å². The maximum atomic E-state index is 12.5. The van der Waals surface area contributed by atoms with Crippen LogP contribution >= 0.6 is 22.9 Å². The number of benzene rings is 2. The number of rotatable bonds is 4. The van der Waals surface area contributed by atoms with Crippen molar-refractivity contribution in [3.63, 3.8) is 0 Å². The van der Waals surface area contributed by atoms with Crippen LogP contribution in [0.3, 0.4) is 0 Å². The second-order valence-corrected chi connectivity index (χ2v) is 6.72. The number of halogens is 1. The van der Waals surface area contributed by atoms with E-state index in [0.717, 1.165) is 4.70 Å². The van der Waals surface area contributed by atoms with E-state index in [2.05, 4.69) is 4.99 Å². The van der Waals surface area contributed by atoms with E-state index in [-0.39, 0.29) is 6.54 Å². The second-order valence-electron chi connectivity index (χ2n) is 5.28. The first-order valence-electron chi connectivity index (χ1n) is 7.61. The van der Waals surface area contributed by atoms with Crippen LogP contribution in [0.4, 0.5) is 0 Å². The zero-order valence-electron chi connectivity index (χ0n) is 14.1. The van der Waals surface area contributed by atoms with Gasteiger partial charge in [0.05, 0.1) is 18.9 Å². The Morgan fingerprint density at radius 1 is 1.15 bits per heavy atom. The van der Waals surface area contributed by atoms with Gasteiger partial charge in [0.25, 0.3) is 5.91 Å². The molecule has 0 unspecified atom stereocenters. The maximum absolute atomic E-state index is 12.5. The summed E-state index contributed by atoms with van der Waals surface area (Å²) in [6.45, 7) is -0.0798. The summed E-state index contributed by atoms with van der Waals surface area (Å²) in [6, 6.07) is 12.0. The Morgan fingerprint density at radius 2 is 1.88 bits per heavy atom. The Balaban J connectivity index is 2.17. The molecule has 2 aromatic carbocycles. The molecule has 0 spiro atoms. The molecule has 1 aromatic heterocycles. The largest absolute Gasteiger partial charge is 0.495 e. The van der Waals surface area contributed by atoms with Gasteiger partial charge in [-0.2, -0.15) is 4.99 Å². The molecule has 3 aromatic rings. The zero-order valence-corrected chi connectivity index (χ0v) is 15.6. The van der Waals surface area contributed by atoms with Crippen LogP contribution in [0.15, 0.2) is 47.5 Å². The molecule has 0 atom stereocenters. The molecule has 0 aliphatic carbocycles. The van der Waals surface area contributed by atoms with Gasteiger partial charge in [-0.1, -0.05) is 29.0 Å². The van der Waals surface area contributed by atoms with Gasteiger partial charge in [0.2, 0.25) is 0 Å². The average molecular weight is 391 g/mol. The number of thiazole rings is 1. The van der Waals surface area contributed by atoms with Crippen molar-refractivity contribution in [2.45, 2.75) is 6.54 Å². The average Bonchev–Trinajstić information content (AvgIpc) is 2.99. The molecule has 0 aliphatic heterocycles. The predicted octanol–water partition coefficient (Wildman–Crippen LogP) is 3.28. The molecule has 3 rings (SSSR count). The second kappa shape index (κ2) is 7.72. The fourth-order valence-corrected chi connectivity index (χ4v) is 3.60. The van der Waals surface area contributed by atoms with Crippen LogP contribution in [0.2, 0.25) is 5.02 Å². The van der Waals surface area contributed by atoms with E-state index in [4.69, 9.17) is 21.1 Å². The number of esters is 1. The topological polar surface area (TPSA) is 69.9 Å². The number of ether oxygens (including phenoxy) is 2. The van der Waals surface area contributed by atoms with Crippen LogP contribution in [-0.2, 0) is 16.1 Å². The number of hydrogen-bond donors (Lipinski definition) is 0. The first-order valence-corrected chi connectivity index (χ1v) is 8.80. The normalized spacial score (nSPS) is 11.6. The van der Waals surface area contributed by atoms with E-state index < -0.39 is 11.9 Å². The van der Waals surface area contributed by atoms with Gasteiger partial charge in [0, 0.05) is 10.6 Å². The van der Waals surface area contributed by atoms with Gasteiger partial charge in [-0.05, 0) is 36.4 Å². The fourth-order valence-electron chi connectivity index (χ4n) is 2.43. The standard InChI is InChI=1S/C18H15ClN2O4S/c1-24-13-4-3-5-14-16(13)21(10-15(22)25-2)18(26-14)20-17(23)11-6-8-12(19)9-7-11/h3-9H,10H2,1-2H3. The smallest absolute Gasteiger partial charge is 0.325 e. The third-order valence-corrected chi connectivity index (χ3v) is 4.98. The fraction of sp³-hybridized carbons (Fsp3) is 0.167. The minimum Gasteiger partial charge on any atom is -0.495 e. The Kier molecular flexibility index (Phi) is 5.39. The van der Waals surface area contributed by atoms with Crippen LogP contribution in [-0.4, -0.2) is 30.7 Å². The maximum Gasteiger partial charge on any atom is 0.325 e. The van der Waals surface area contributed by atoms with E-state index in [1.165, 1.54) is 18.4 Å². The lowest BCUT2D eigenvalue weighted by Crippen LogP contribution is -2.22. The quantitative estimate of drug-likeness (QED) is 0.641. The number of amides is 1. The number of fused-ring (bicyclic) bond motifs is 1. The van der Waals surface area contributed by atoms with Crippen molar-refractivity contribution in [2.75, 3.05) is 14.2 Å². The number of hydrogen-bond acceptors (Lipinski definition) is 5. The Labute approximate surface area is 158 Å². The molecule has 0 fully saturated rings. The van der Waals surface area contributed by atoms with E-state index in [1.54, 1.807) is 42.0 Å². The highest BCUT2D eigenvalue weighted by Crippen LogP contribution is 2.27. The van der Waals surface area contributed by atoms with Crippen LogP contribution < -0.4 is 9.54 Å². The lowest BCUT2D eigenvalue weighted by atomic mass is 10.2.